The molecule has 3 heterocycles. The predicted octanol–water partition coefficient (Wildman–Crippen LogP) is 2.77. The molecule has 4 nitrogen and oxygen atoms in total. The Morgan fingerprint density at radius 3 is 2.71 bits per heavy atom. The second-order valence-electron chi connectivity index (χ2n) is 7.87. The smallest absolute Gasteiger partial charge is 0.0499 e. The van der Waals surface area contributed by atoms with Gasteiger partial charge in [0.1, 0.15) is 0 Å². The van der Waals surface area contributed by atoms with Crippen LogP contribution in [0.1, 0.15) is 24.8 Å². The molecule has 4 heteroatoms. The van der Waals surface area contributed by atoms with Crippen molar-refractivity contribution in [2.24, 2.45) is 0 Å². The highest BCUT2D eigenvalue weighted by Gasteiger charge is 2.39. The molecule has 2 fully saturated rings. The van der Waals surface area contributed by atoms with Crippen molar-refractivity contribution >= 4 is 10.9 Å². The van der Waals surface area contributed by atoms with Gasteiger partial charge < -0.3 is 9.88 Å². The highest BCUT2D eigenvalue weighted by atomic mass is 15.3. The van der Waals surface area contributed by atoms with Crippen molar-refractivity contribution in [2.45, 2.75) is 31.3 Å². The van der Waals surface area contributed by atoms with Gasteiger partial charge in [0, 0.05) is 43.4 Å². The van der Waals surface area contributed by atoms with Gasteiger partial charge >= 0.3 is 0 Å². The number of hydrogen-bond donors (Lipinski definition) is 1. The largest absolute Gasteiger partial charge is 0.361 e. The number of aromatic amines is 1. The van der Waals surface area contributed by atoms with Crippen LogP contribution >= 0.6 is 0 Å². The summed E-state index contributed by atoms with van der Waals surface area (Å²) in [7, 11) is 4.63. The molecule has 24 heavy (non-hydrogen) atoms. The molecule has 1 aromatic heterocycles. The van der Waals surface area contributed by atoms with Crippen molar-refractivity contribution in [2.75, 3.05) is 46.8 Å². The van der Waals surface area contributed by atoms with E-state index in [1.165, 1.54) is 68.5 Å². The van der Waals surface area contributed by atoms with E-state index in [1.54, 1.807) is 0 Å². The van der Waals surface area contributed by atoms with Gasteiger partial charge in [0.2, 0.25) is 0 Å². The number of likely N-dealkylation sites (tertiary alicyclic amines) is 1. The molecule has 0 atom stereocenters. The van der Waals surface area contributed by atoms with Gasteiger partial charge in [0.05, 0.1) is 0 Å². The summed E-state index contributed by atoms with van der Waals surface area (Å²) in [4.78, 5) is 11.2. The Morgan fingerprint density at radius 1 is 1.04 bits per heavy atom. The third kappa shape index (κ3) is 2.99. The quantitative estimate of drug-likeness (QED) is 0.919. The number of para-hydroxylation sites is 1. The highest BCUT2D eigenvalue weighted by molar-refractivity contribution is 5.82. The van der Waals surface area contributed by atoms with E-state index in [9.17, 15) is 0 Å². The Hall–Kier alpha value is -1.36. The van der Waals surface area contributed by atoms with Crippen LogP contribution in [0, 0.1) is 0 Å². The average Bonchev–Trinajstić information content (AvgIpc) is 3.01. The Morgan fingerprint density at radius 2 is 1.88 bits per heavy atom. The van der Waals surface area contributed by atoms with E-state index in [0.717, 1.165) is 6.54 Å². The van der Waals surface area contributed by atoms with Crippen molar-refractivity contribution < 1.29 is 0 Å². The van der Waals surface area contributed by atoms with E-state index in [4.69, 9.17) is 0 Å². The van der Waals surface area contributed by atoms with Crippen LogP contribution in [-0.2, 0) is 6.54 Å². The first-order valence-corrected chi connectivity index (χ1v) is 9.33. The van der Waals surface area contributed by atoms with Crippen LogP contribution in [0.25, 0.3) is 10.9 Å². The van der Waals surface area contributed by atoms with E-state index >= 15 is 0 Å². The molecule has 1 N–H and O–H groups in total. The summed E-state index contributed by atoms with van der Waals surface area (Å²) in [6, 6.07) is 8.82. The second-order valence-corrected chi connectivity index (χ2v) is 7.87. The summed E-state index contributed by atoms with van der Waals surface area (Å²) in [5, 5.41) is 1.33. The Kier molecular flexibility index (Phi) is 4.37. The lowest BCUT2D eigenvalue weighted by Crippen LogP contribution is -2.57. The first-order chi connectivity index (χ1) is 11.7. The zero-order valence-corrected chi connectivity index (χ0v) is 15.1. The minimum Gasteiger partial charge on any atom is -0.361 e. The topological polar surface area (TPSA) is 25.5 Å². The Balaban J connectivity index is 1.45. The lowest BCUT2D eigenvalue weighted by Gasteiger charge is -2.47. The molecule has 2 aliphatic rings. The zero-order chi connectivity index (χ0) is 16.6. The maximum Gasteiger partial charge on any atom is 0.0499 e. The minimum atomic E-state index is 0.389. The molecule has 2 saturated heterocycles. The number of H-pyrrole nitrogens is 1. The molecule has 0 aliphatic carbocycles. The van der Waals surface area contributed by atoms with E-state index in [-0.39, 0.29) is 0 Å². The molecule has 1 aromatic carbocycles. The molecule has 0 radical (unpaired) electrons. The lowest BCUT2D eigenvalue weighted by atomic mass is 9.85. The number of nitrogens with one attached hydrogen (secondary N) is 1. The third-order valence-electron chi connectivity index (χ3n) is 6.26. The maximum atomic E-state index is 3.41. The van der Waals surface area contributed by atoms with E-state index < -0.39 is 0 Å². The van der Waals surface area contributed by atoms with Gasteiger partial charge in [-0.15, -0.1) is 0 Å². The SMILES string of the molecule is CN1CCCN(C)C2(CCN(Cc3cccc4cc[nH]c34)CC2)C1. The van der Waals surface area contributed by atoms with E-state index in [0.29, 0.717) is 5.54 Å². The van der Waals surface area contributed by atoms with Gasteiger partial charge in [0.25, 0.3) is 0 Å². The second kappa shape index (κ2) is 6.51. The van der Waals surface area contributed by atoms with Gasteiger partial charge in [-0.2, -0.15) is 0 Å². The molecule has 1 spiro atoms. The number of fused-ring (bicyclic) bond motifs is 1. The van der Waals surface area contributed by atoms with Gasteiger partial charge in [-0.1, -0.05) is 18.2 Å². The number of likely N-dealkylation sites (N-methyl/N-ethyl adjacent to an activating group) is 2. The van der Waals surface area contributed by atoms with Gasteiger partial charge in [0.15, 0.2) is 0 Å². The molecule has 130 valence electrons. The van der Waals surface area contributed by atoms with Crippen molar-refractivity contribution in [3.63, 3.8) is 0 Å². The Labute approximate surface area is 145 Å². The van der Waals surface area contributed by atoms with Crippen LogP contribution < -0.4 is 0 Å². The molecular formula is C20H30N4. The number of benzene rings is 1. The van der Waals surface area contributed by atoms with Crippen LogP contribution in [0.5, 0.6) is 0 Å². The molecule has 4 rings (SSSR count). The summed E-state index contributed by atoms with van der Waals surface area (Å²) < 4.78 is 0. The molecule has 2 aliphatic heterocycles. The highest BCUT2D eigenvalue weighted by Crippen LogP contribution is 2.32. The van der Waals surface area contributed by atoms with Gasteiger partial charge in [-0.05, 0) is 63.5 Å². The van der Waals surface area contributed by atoms with Crippen molar-refractivity contribution in [3.05, 3.63) is 36.0 Å². The van der Waals surface area contributed by atoms with Crippen molar-refractivity contribution in [1.82, 2.24) is 19.7 Å². The van der Waals surface area contributed by atoms with Crippen molar-refractivity contribution in [3.8, 4) is 0 Å². The minimum absolute atomic E-state index is 0.389. The summed E-state index contributed by atoms with van der Waals surface area (Å²) >= 11 is 0. The van der Waals surface area contributed by atoms with Crippen LogP contribution in [-0.4, -0.2) is 72.0 Å². The molecule has 0 unspecified atom stereocenters. The normalized spacial score (nSPS) is 23.8. The van der Waals surface area contributed by atoms with Gasteiger partial charge in [-0.3, -0.25) is 9.80 Å². The van der Waals surface area contributed by atoms with Crippen LogP contribution in [0.15, 0.2) is 30.5 Å². The monoisotopic (exact) mass is 326 g/mol. The van der Waals surface area contributed by atoms with Crippen LogP contribution in [0.3, 0.4) is 0 Å². The lowest BCUT2D eigenvalue weighted by molar-refractivity contribution is 0.0297. The molecule has 0 saturated carbocycles. The average molecular weight is 326 g/mol. The molecule has 0 amide bonds. The van der Waals surface area contributed by atoms with Gasteiger partial charge in [-0.25, -0.2) is 0 Å². The van der Waals surface area contributed by atoms with E-state index in [1.807, 2.05) is 0 Å². The summed E-state index contributed by atoms with van der Waals surface area (Å²) in [5.74, 6) is 0. The molecule has 0 bridgehead atoms. The third-order valence-corrected chi connectivity index (χ3v) is 6.26. The standard InChI is InChI=1S/C20H30N4/c1-22-11-4-12-23(2)20(16-22)8-13-24(14-9-20)15-18-6-3-5-17-7-10-21-19(17)18/h3,5-7,10,21H,4,8-9,11-16H2,1-2H3. The summed E-state index contributed by atoms with van der Waals surface area (Å²) in [5.41, 5.74) is 3.13. The fraction of sp³-hybridized carbons (Fsp3) is 0.600. The number of piperidine rings is 1. The fourth-order valence-corrected chi connectivity index (χ4v) is 4.71. The number of rotatable bonds is 2. The molecular weight excluding hydrogens is 296 g/mol. The van der Waals surface area contributed by atoms with E-state index in [2.05, 4.69) is 64.2 Å². The van der Waals surface area contributed by atoms with Crippen LogP contribution in [0.4, 0.5) is 0 Å². The first-order valence-electron chi connectivity index (χ1n) is 9.33. The summed E-state index contributed by atoms with van der Waals surface area (Å²) in [6.07, 6.45) is 5.92. The predicted molar refractivity (Wildman–Crippen MR) is 100 cm³/mol. The number of aromatic nitrogens is 1. The first kappa shape index (κ1) is 16.1. The number of hydrogen-bond acceptors (Lipinski definition) is 3. The van der Waals surface area contributed by atoms with Crippen LogP contribution in [0.2, 0.25) is 0 Å². The Bertz CT molecular complexity index is 684. The fourth-order valence-electron chi connectivity index (χ4n) is 4.71. The molecule has 2 aromatic rings. The number of nitrogens with zero attached hydrogens (tertiary/aromatic N) is 3. The summed E-state index contributed by atoms with van der Waals surface area (Å²) in [6.45, 7) is 7.18. The van der Waals surface area contributed by atoms with Crippen molar-refractivity contribution in [1.29, 1.82) is 0 Å². The maximum absolute atomic E-state index is 3.41. The zero-order valence-electron chi connectivity index (χ0n) is 15.1.